The molecule has 0 bridgehead atoms. The molecule has 5 aromatic carbocycles. The zero-order valence-electron chi connectivity index (χ0n) is 24.9. The van der Waals surface area contributed by atoms with E-state index >= 15 is 0 Å². The second kappa shape index (κ2) is 11.3. The molecule has 0 aliphatic carbocycles. The van der Waals surface area contributed by atoms with Crippen LogP contribution >= 0.6 is 0 Å². The number of nitrogens with zero attached hydrogens (tertiary/aromatic N) is 1. The van der Waals surface area contributed by atoms with Crippen molar-refractivity contribution in [3.05, 3.63) is 143 Å². The molecule has 41 heavy (non-hydrogen) atoms. The SMILES string of the molecule is Cc1ccccc1NCc1ccc2ccccc2c1C1C=Cc2ccccc2N1c1c(C(C)C)cccc1C(C)C. The highest BCUT2D eigenvalue weighted by molar-refractivity contribution is 5.91. The van der Waals surface area contributed by atoms with Crippen LogP contribution in [0.3, 0.4) is 0 Å². The zero-order chi connectivity index (χ0) is 28.5. The molecule has 0 saturated heterocycles. The maximum Gasteiger partial charge on any atom is 0.0788 e. The molecule has 206 valence electrons. The Balaban J connectivity index is 1.60. The quantitative estimate of drug-likeness (QED) is 0.222. The standard InChI is InChI=1S/C39H40N2/c1-26(2)32-17-12-18-33(27(3)4)39(32)41-36-20-11-8-15-30(36)23-24-37(41)38-31(22-21-29-14-7-9-16-34(29)38)25-40-35-19-10-6-13-28(35)5/h6-24,26-27,37,40H,25H2,1-5H3. The third-order valence-electron chi connectivity index (χ3n) is 8.49. The lowest BCUT2D eigenvalue weighted by Gasteiger charge is -2.41. The van der Waals surface area contributed by atoms with Crippen LogP contribution in [-0.4, -0.2) is 0 Å². The van der Waals surface area contributed by atoms with Crippen molar-refractivity contribution in [2.24, 2.45) is 0 Å². The molecule has 1 atom stereocenters. The zero-order valence-corrected chi connectivity index (χ0v) is 24.9. The van der Waals surface area contributed by atoms with E-state index in [9.17, 15) is 0 Å². The minimum absolute atomic E-state index is 0.0436. The summed E-state index contributed by atoms with van der Waals surface area (Å²) in [6, 6.07) is 37.8. The van der Waals surface area contributed by atoms with Gasteiger partial charge in [0, 0.05) is 23.6 Å². The Labute approximate surface area is 245 Å². The number of para-hydroxylation sites is 3. The lowest BCUT2D eigenvalue weighted by Crippen LogP contribution is -2.29. The summed E-state index contributed by atoms with van der Waals surface area (Å²) < 4.78 is 0. The predicted octanol–water partition coefficient (Wildman–Crippen LogP) is 10.9. The first kappa shape index (κ1) is 26.9. The Morgan fingerprint density at radius 2 is 1.39 bits per heavy atom. The largest absolute Gasteiger partial charge is 0.381 e. The van der Waals surface area contributed by atoms with Gasteiger partial charge in [0.25, 0.3) is 0 Å². The van der Waals surface area contributed by atoms with Gasteiger partial charge in [-0.2, -0.15) is 0 Å². The van der Waals surface area contributed by atoms with Crippen molar-refractivity contribution in [2.75, 3.05) is 10.2 Å². The molecule has 0 spiro atoms. The van der Waals surface area contributed by atoms with Gasteiger partial charge >= 0.3 is 0 Å². The molecule has 6 rings (SSSR count). The van der Waals surface area contributed by atoms with Crippen LogP contribution in [0.4, 0.5) is 17.1 Å². The molecule has 0 fully saturated rings. The average Bonchev–Trinajstić information content (AvgIpc) is 2.99. The molecule has 1 unspecified atom stereocenters. The van der Waals surface area contributed by atoms with Crippen molar-refractivity contribution in [1.82, 2.24) is 0 Å². The highest BCUT2D eigenvalue weighted by Gasteiger charge is 2.32. The number of hydrogen-bond acceptors (Lipinski definition) is 2. The fourth-order valence-corrected chi connectivity index (χ4v) is 6.36. The van der Waals surface area contributed by atoms with Crippen molar-refractivity contribution in [3.8, 4) is 0 Å². The molecule has 0 radical (unpaired) electrons. The van der Waals surface area contributed by atoms with Crippen molar-refractivity contribution < 1.29 is 0 Å². The van der Waals surface area contributed by atoms with Gasteiger partial charge in [-0.25, -0.2) is 0 Å². The summed E-state index contributed by atoms with van der Waals surface area (Å²) in [5.74, 6) is 0.800. The molecule has 1 heterocycles. The lowest BCUT2D eigenvalue weighted by atomic mass is 9.86. The maximum atomic E-state index is 3.76. The smallest absolute Gasteiger partial charge is 0.0788 e. The fraction of sp³-hybridized carbons (Fsp3) is 0.231. The van der Waals surface area contributed by atoms with E-state index in [4.69, 9.17) is 0 Å². The Bertz CT molecular complexity index is 1700. The second-order valence-electron chi connectivity index (χ2n) is 11.9. The predicted molar refractivity (Wildman–Crippen MR) is 177 cm³/mol. The maximum absolute atomic E-state index is 3.76. The summed E-state index contributed by atoms with van der Waals surface area (Å²) in [7, 11) is 0. The first-order valence-corrected chi connectivity index (χ1v) is 14.9. The summed E-state index contributed by atoms with van der Waals surface area (Å²) in [4.78, 5) is 2.64. The number of nitrogens with one attached hydrogen (secondary N) is 1. The van der Waals surface area contributed by atoms with Crippen LogP contribution in [0.2, 0.25) is 0 Å². The van der Waals surface area contributed by atoms with Crippen LogP contribution in [0.15, 0.2) is 109 Å². The van der Waals surface area contributed by atoms with Gasteiger partial charge in [-0.3, -0.25) is 0 Å². The molecule has 0 amide bonds. The number of aryl methyl sites for hydroxylation is 1. The first-order chi connectivity index (χ1) is 19.9. The molecule has 1 N–H and O–H groups in total. The number of rotatable bonds is 7. The van der Waals surface area contributed by atoms with Crippen molar-refractivity contribution in [1.29, 1.82) is 0 Å². The van der Waals surface area contributed by atoms with Crippen molar-refractivity contribution >= 4 is 33.9 Å². The van der Waals surface area contributed by atoms with E-state index < -0.39 is 0 Å². The first-order valence-electron chi connectivity index (χ1n) is 14.9. The average molecular weight is 537 g/mol. The van der Waals surface area contributed by atoms with E-state index in [1.54, 1.807) is 0 Å². The van der Waals surface area contributed by atoms with Crippen molar-refractivity contribution in [2.45, 2.75) is 59.0 Å². The highest BCUT2D eigenvalue weighted by Crippen LogP contribution is 2.49. The summed E-state index contributed by atoms with van der Waals surface area (Å²) >= 11 is 0. The number of benzene rings is 5. The van der Waals surface area contributed by atoms with E-state index in [-0.39, 0.29) is 6.04 Å². The normalized spacial score (nSPS) is 14.6. The number of hydrogen-bond donors (Lipinski definition) is 1. The van der Waals surface area contributed by atoms with Crippen LogP contribution in [0.5, 0.6) is 0 Å². The monoisotopic (exact) mass is 536 g/mol. The third kappa shape index (κ3) is 5.04. The molecular formula is C39H40N2. The van der Waals surface area contributed by atoms with Gasteiger partial charge in [0.15, 0.2) is 0 Å². The van der Waals surface area contributed by atoms with Gasteiger partial charge in [0.1, 0.15) is 0 Å². The van der Waals surface area contributed by atoms with Crippen LogP contribution < -0.4 is 10.2 Å². The third-order valence-corrected chi connectivity index (χ3v) is 8.49. The summed E-state index contributed by atoms with van der Waals surface area (Å²) in [5.41, 5.74) is 11.8. The molecule has 0 saturated carbocycles. The van der Waals surface area contributed by atoms with Crippen molar-refractivity contribution in [3.63, 3.8) is 0 Å². The van der Waals surface area contributed by atoms with Gasteiger partial charge < -0.3 is 10.2 Å². The molecule has 0 aromatic heterocycles. The van der Waals surface area contributed by atoms with Gasteiger partial charge in [-0.15, -0.1) is 0 Å². The van der Waals surface area contributed by atoms with Crippen LogP contribution in [0.1, 0.15) is 79.0 Å². The Morgan fingerprint density at radius 1 is 0.707 bits per heavy atom. The summed E-state index contributed by atoms with van der Waals surface area (Å²) in [5, 5.41) is 6.35. The topological polar surface area (TPSA) is 15.3 Å². The Kier molecular flexibility index (Phi) is 7.41. The van der Waals surface area contributed by atoms with E-state index in [0.717, 1.165) is 6.54 Å². The molecule has 2 nitrogen and oxygen atoms in total. The molecule has 1 aliphatic heterocycles. The van der Waals surface area contributed by atoms with Crippen LogP contribution in [0.25, 0.3) is 16.8 Å². The number of fused-ring (bicyclic) bond motifs is 2. The molecule has 5 aromatic rings. The molecular weight excluding hydrogens is 496 g/mol. The van der Waals surface area contributed by atoms with Crippen LogP contribution in [0, 0.1) is 6.92 Å². The van der Waals surface area contributed by atoms with E-state index in [1.807, 2.05) is 0 Å². The van der Waals surface area contributed by atoms with E-state index in [0.29, 0.717) is 11.8 Å². The summed E-state index contributed by atoms with van der Waals surface area (Å²) in [6.45, 7) is 12.2. The molecule has 1 aliphatic rings. The fourth-order valence-electron chi connectivity index (χ4n) is 6.36. The molecule has 2 heteroatoms. The van der Waals surface area contributed by atoms with E-state index in [1.165, 1.54) is 61.2 Å². The van der Waals surface area contributed by atoms with Gasteiger partial charge in [-0.1, -0.05) is 131 Å². The van der Waals surface area contributed by atoms with Gasteiger partial charge in [0.2, 0.25) is 0 Å². The minimum atomic E-state index is 0.0436. The van der Waals surface area contributed by atoms with E-state index in [2.05, 4.69) is 160 Å². The second-order valence-corrected chi connectivity index (χ2v) is 11.9. The summed E-state index contributed by atoms with van der Waals surface area (Å²) in [6.07, 6.45) is 4.74. The lowest BCUT2D eigenvalue weighted by molar-refractivity contribution is 0.779. The highest BCUT2D eigenvalue weighted by atomic mass is 15.2. The van der Waals surface area contributed by atoms with Gasteiger partial charge in [-0.05, 0) is 75.0 Å². The minimum Gasteiger partial charge on any atom is -0.381 e. The van der Waals surface area contributed by atoms with Gasteiger partial charge in [0.05, 0.1) is 6.04 Å². The number of anilines is 3. The Morgan fingerprint density at radius 3 is 2.15 bits per heavy atom. The Hall–Kier alpha value is -4.30. The van der Waals surface area contributed by atoms with Crippen LogP contribution in [-0.2, 0) is 6.54 Å².